The average molecular weight is 391 g/mol. The summed E-state index contributed by atoms with van der Waals surface area (Å²) < 4.78 is 11.8. The van der Waals surface area contributed by atoms with Gasteiger partial charge in [-0.05, 0) is 35.4 Å². The lowest BCUT2D eigenvalue weighted by Crippen LogP contribution is -2.25. The fourth-order valence-electron chi connectivity index (χ4n) is 3.14. The van der Waals surface area contributed by atoms with Gasteiger partial charge in [-0.25, -0.2) is 4.98 Å². The topological polar surface area (TPSA) is 108 Å². The summed E-state index contributed by atoms with van der Waals surface area (Å²) in [4.78, 5) is 24.8. The van der Waals surface area contributed by atoms with Gasteiger partial charge in [-0.3, -0.25) is 9.36 Å². The quantitative estimate of drug-likeness (QED) is 0.522. The molecule has 0 spiro atoms. The van der Waals surface area contributed by atoms with Crippen molar-refractivity contribution in [3.63, 3.8) is 0 Å². The summed E-state index contributed by atoms with van der Waals surface area (Å²) >= 11 is 0. The van der Waals surface area contributed by atoms with Crippen LogP contribution in [0.3, 0.4) is 0 Å². The zero-order valence-electron chi connectivity index (χ0n) is 16.2. The molecule has 4 rings (SSSR count). The number of nitrogens with zero attached hydrogens (tertiary/aromatic N) is 3. The number of fused-ring (bicyclic) bond motifs is 1. The van der Waals surface area contributed by atoms with Gasteiger partial charge in [-0.15, -0.1) is 0 Å². The van der Waals surface area contributed by atoms with Gasteiger partial charge in [0, 0.05) is 6.42 Å². The molecule has 148 valence electrons. The maximum absolute atomic E-state index is 12.9. The summed E-state index contributed by atoms with van der Waals surface area (Å²) in [7, 11) is 3.23. The molecule has 8 nitrogen and oxygen atoms in total. The van der Waals surface area contributed by atoms with Crippen LogP contribution < -0.4 is 20.8 Å². The normalized spacial score (nSPS) is 11.0. The van der Waals surface area contributed by atoms with E-state index in [1.54, 1.807) is 14.2 Å². The summed E-state index contributed by atoms with van der Waals surface area (Å²) in [6.07, 6.45) is 0.540. The summed E-state index contributed by atoms with van der Waals surface area (Å²) in [6.45, 7) is 0.304. The monoisotopic (exact) mass is 391 g/mol. The fourth-order valence-corrected chi connectivity index (χ4v) is 3.14. The van der Waals surface area contributed by atoms with Gasteiger partial charge in [-0.1, -0.05) is 24.3 Å². The van der Waals surface area contributed by atoms with E-state index in [1.165, 1.54) is 4.57 Å². The summed E-state index contributed by atoms with van der Waals surface area (Å²) in [6, 6.07) is 15.1. The van der Waals surface area contributed by atoms with Gasteiger partial charge in [-0.2, -0.15) is 4.98 Å². The Bertz CT molecular complexity index is 1190. The third-order valence-corrected chi connectivity index (χ3v) is 4.71. The second-order valence-electron chi connectivity index (χ2n) is 6.61. The highest BCUT2D eigenvalue weighted by Gasteiger charge is 2.14. The molecule has 0 aliphatic rings. The van der Waals surface area contributed by atoms with E-state index < -0.39 is 0 Å². The third-order valence-electron chi connectivity index (χ3n) is 4.71. The largest absolute Gasteiger partial charge is 0.497 e. The molecule has 2 aromatic carbocycles. The van der Waals surface area contributed by atoms with E-state index in [2.05, 4.69) is 15.0 Å². The molecule has 4 aromatic rings. The van der Waals surface area contributed by atoms with Crippen LogP contribution in [-0.4, -0.2) is 33.7 Å². The second-order valence-corrected chi connectivity index (χ2v) is 6.61. The van der Waals surface area contributed by atoms with Crippen LogP contribution in [0.15, 0.2) is 53.3 Å². The number of rotatable bonds is 6. The maximum atomic E-state index is 12.9. The fraction of sp³-hybridized carbons (Fsp3) is 0.190. The van der Waals surface area contributed by atoms with E-state index >= 15 is 0 Å². The number of nitrogens with one attached hydrogen (secondary N) is 1. The molecule has 0 amide bonds. The zero-order chi connectivity index (χ0) is 20.4. The van der Waals surface area contributed by atoms with Gasteiger partial charge in [0.25, 0.3) is 5.56 Å². The van der Waals surface area contributed by atoms with Gasteiger partial charge in [0.15, 0.2) is 11.2 Å². The van der Waals surface area contributed by atoms with Gasteiger partial charge in [0.2, 0.25) is 5.95 Å². The molecule has 0 unspecified atom stereocenters. The lowest BCUT2D eigenvalue weighted by molar-refractivity contribution is 0.414. The van der Waals surface area contributed by atoms with Crippen molar-refractivity contribution in [3.8, 4) is 11.5 Å². The Kier molecular flexibility index (Phi) is 4.90. The van der Waals surface area contributed by atoms with E-state index in [4.69, 9.17) is 15.2 Å². The minimum absolute atomic E-state index is 0.137. The predicted octanol–water partition coefficient (Wildman–Crippen LogP) is 2.36. The summed E-state index contributed by atoms with van der Waals surface area (Å²) in [5, 5.41) is 0. The number of hydrogen-bond donors (Lipinski definition) is 2. The number of hydrogen-bond acceptors (Lipinski definition) is 6. The first-order valence-corrected chi connectivity index (χ1v) is 9.08. The van der Waals surface area contributed by atoms with Crippen molar-refractivity contribution in [1.82, 2.24) is 19.5 Å². The number of anilines is 1. The molecule has 0 aliphatic carbocycles. The SMILES string of the molecule is COc1ccc(Cc2nc3c(=O)n(Cc4ccc(OC)cc4)c(N)nc3[nH]2)cc1. The molecule has 0 saturated heterocycles. The van der Waals surface area contributed by atoms with E-state index in [0.717, 1.165) is 22.6 Å². The Balaban J connectivity index is 1.64. The zero-order valence-corrected chi connectivity index (χ0v) is 16.2. The van der Waals surface area contributed by atoms with Crippen molar-refractivity contribution in [1.29, 1.82) is 0 Å². The van der Waals surface area contributed by atoms with Crippen molar-refractivity contribution in [3.05, 3.63) is 75.8 Å². The van der Waals surface area contributed by atoms with Crippen molar-refractivity contribution in [2.24, 2.45) is 0 Å². The molecule has 3 N–H and O–H groups in total. The Morgan fingerprint density at radius 3 is 2.10 bits per heavy atom. The first kappa shape index (κ1) is 18.5. The Morgan fingerprint density at radius 1 is 0.931 bits per heavy atom. The number of aromatic nitrogens is 4. The minimum atomic E-state index is -0.277. The van der Waals surface area contributed by atoms with Crippen LogP contribution in [0.5, 0.6) is 11.5 Å². The molecular formula is C21H21N5O3. The second kappa shape index (κ2) is 7.67. The molecule has 29 heavy (non-hydrogen) atoms. The van der Waals surface area contributed by atoms with E-state index in [1.807, 2.05) is 48.5 Å². The number of imidazole rings is 1. The smallest absolute Gasteiger partial charge is 0.283 e. The molecule has 0 saturated carbocycles. The Labute approximate surface area is 166 Å². The van der Waals surface area contributed by atoms with Crippen LogP contribution in [0.2, 0.25) is 0 Å². The molecule has 0 fully saturated rings. The van der Waals surface area contributed by atoms with Crippen LogP contribution in [0.25, 0.3) is 11.2 Å². The van der Waals surface area contributed by atoms with E-state index in [0.29, 0.717) is 24.4 Å². The van der Waals surface area contributed by atoms with Gasteiger partial charge >= 0.3 is 0 Å². The summed E-state index contributed by atoms with van der Waals surface area (Å²) in [5.74, 6) is 2.32. The van der Waals surface area contributed by atoms with Gasteiger partial charge in [0.1, 0.15) is 17.3 Å². The van der Waals surface area contributed by atoms with Crippen molar-refractivity contribution >= 4 is 17.1 Å². The molecule has 0 atom stereocenters. The van der Waals surface area contributed by atoms with Crippen molar-refractivity contribution in [2.75, 3.05) is 20.0 Å². The first-order valence-electron chi connectivity index (χ1n) is 9.08. The third kappa shape index (κ3) is 3.77. The molecule has 0 radical (unpaired) electrons. The lowest BCUT2D eigenvalue weighted by atomic mass is 10.1. The van der Waals surface area contributed by atoms with Crippen LogP contribution in [0.4, 0.5) is 5.95 Å². The van der Waals surface area contributed by atoms with Crippen molar-refractivity contribution in [2.45, 2.75) is 13.0 Å². The Morgan fingerprint density at radius 2 is 1.52 bits per heavy atom. The standard InChI is InChI=1S/C21H21N5O3/c1-28-15-7-3-13(4-8-15)11-17-23-18-19(24-17)25-21(22)26(20(18)27)12-14-5-9-16(29-2)10-6-14/h3-10H,11-12H2,1-2H3,(H2,22,25)(H,23,24). The highest BCUT2D eigenvalue weighted by molar-refractivity contribution is 5.70. The van der Waals surface area contributed by atoms with Gasteiger partial charge in [0.05, 0.1) is 20.8 Å². The molecule has 0 aliphatic heterocycles. The molecule has 8 heteroatoms. The first-order chi connectivity index (χ1) is 14.1. The molecular weight excluding hydrogens is 370 g/mol. The van der Waals surface area contributed by atoms with E-state index in [9.17, 15) is 4.79 Å². The highest BCUT2D eigenvalue weighted by atomic mass is 16.5. The number of ether oxygens (including phenoxy) is 2. The van der Waals surface area contributed by atoms with Crippen LogP contribution >= 0.6 is 0 Å². The summed E-state index contributed by atoms with van der Waals surface area (Å²) in [5.41, 5.74) is 8.39. The maximum Gasteiger partial charge on any atom is 0.283 e. The van der Waals surface area contributed by atoms with Crippen molar-refractivity contribution < 1.29 is 9.47 Å². The molecule has 2 aromatic heterocycles. The van der Waals surface area contributed by atoms with Crippen LogP contribution in [0.1, 0.15) is 17.0 Å². The number of nitrogens with two attached hydrogens (primary N) is 1. The number of nitrogen functional groups attached to an aromatic ring is 1. The van der Waals surface area contributed by atoms with Crippen LogP contribution in [0, 0.1) is 0 Å². The number of methoxy groups -OCH3 is 2. The van der Waals surface area contributed by atoms with E-state index in [-0.39, 0.29) is 17.0 Å². The number of benzene rings is 2. The predicted molar refractivity (Wildman–Crippen MR) is 110 cm³/mol. The Hall–Kier alpha value is -3.81. The molecule has 2 heterocycles. The average Bonchev–Trinajstić information content (AvgIpc) is 3.14. The van der Waals surface area contributed by atoms with Gasteiger partial charge < -0.3 is 20.2 Å². The minimum Gasteiger partial charge on any atom is -0.497 e. The van der Waals surface area contributed by atoms with Crippen LogP contribution in [-0.2, 0) is 13.0 Å². The lowest BCUT2D eigenvalue weighted by Gasteiger charge is -2.09. The highest BCUT2D eigenvalue weighted by Crippen LogP contribution is 2.16. The molecule has 0 bridgehead atoms. The number of H-pyrrole nitrogens is 1. The number of aromatic amines is 1.